The first kappa shape index (κ1) is 39.3. The summed E-state index contributed by atoms with van der Waals surface area (Å²) in [6.45, 7) is 9.00. The normalized spacial score (nSPS) is 59.5. The zero-order valence-electron chi connectivity index (χ0n) is 31.6. The van der Waals surface area contributed by atoms with Gasteiger partial charge in [-0.1, -0.05) is 27.7 Å². The lowest BCUT2D eigenvalue weighted by Gasteiger charge is -2.63. The molecular formula is C39H64O14. The van der Waals surface area contributed by atoms with Crippen molar-refractivity contribution in [2.24, 2.45) is 52.3 Å². The molecule has 0 bridgehead atoms. The third-order valence-electron chi connectivity index (χ3n) is 16.2. The standard InChI is InChI=1S/C39H64O14/c1-17-5-10-39(48-16-17)18(2)28-25(53-39)13-22-20-12-24(50-36-34(47)32(45)30(43)27(15-41)52-36)23-11-19(6-8-37(23,3)21(20)7-9-38(22,28)4)49-35-33(46)31(44)29(42)26(14-40)51-35/h17-36,40-47H,5-16H2,1-4H3/t17-,18+,19+,20-,21+,22+,23-,24+,25+,26-,27-,28+,29-,30-,31+,32+,33-,34-,35-,36-,37-,38+,39-/m1/s1. The molecule has 0 amide bonds. The molecule has 4 aliphatic heterocycles. The quantitative estimate of drug-likeness (QED) is 0.173. The number of ether oxygens (including phenoxy) is 6. The summed E-state index contributed by atoms with van der Waals surface area (Å²) in [5.41, 5.74) is -0.159. The lowest BCUT2D eigenvalue weighted by Crippen LogP contribution is -2.63. The highest BCUT2D eigenvalue weighted by Gasteiger charge is 2.70. The van der Waals surface area contributed by atoms with E-state index in [0.717, 1.165) is 45.1 Å². The number of rotatable bonds is 6. The molecule has 8 fully saturated rings. The van der Waals surface area contributed by atoms with E-state index in [1.165, 1.54) is 0 Å². The molecule has 1 spiro atoms. The van der Waals surface area contributed by atoms with Gasteiger partial charge in [-0.15, -0.1) is 0 Å². The highest BCUT2D eigenvalue weighted by molar-refractivity contribution is 5.16. The van der Waals surface area contributed by atoms with Gasteiger partial charge in [0, 0.05) is 12.3 Å². The Hall–Kier alpha value is -0.560. The third kappa shape index (κ3) is 6.20. The summed E-state index contributed by atoms with van der Waals surface area (Å²) in [6.07, 6.45) is -6.84. The molecule has 0 unspecified atom stereocenters. The summed E-state index contributed by atoms with van der Waals surface area (Å²) in [7, 11) is 0. The van der Waals surface area contributed by atoms with Crippen LogP contribution in [0.2, 0.25) is 0 Å². The van der Waals surface area contributed by atoms with Crippen molar-refractivity contribution in [2.45, 2.75) is 171 Å². The SMILES string of the molecule is C[C@@H]1CC[C@@]2(OC1)O[C@H]1C[C@H]3[C@@H]4C[C@H](O[C@@H]5O[C@H](CO)[C@@H](O)[C@H](O)[C@H]5O)[C@H]5C[C@@H](O[C@@H]6O[C@H](CO)[C@@H](O)[C@H](O)[C@H]6O)CC[C@]5(C)[C@H]4CC[C@]3(C)[C@H]1[C@@H]2C. The number of hydrogen-bond donors (Lipinski definition) is 8. The van der Waals surface area contributed by atoms with Gasteiger partial charge < -0.3 is 69.3 Å². The Balaban J connectivity index is 1.06. The van der Waals surface area contributed by atoms with E-state index in [1.54, 1.807) is 0 Å². The molecule has 4 heterocycles. The zero-order chi connectivity index (χ0) is 37.8. The second-order valence-corrected chi connectivity index (χ2v) is 18.8. The molecule has 304 valence electrons. The molecule has 4 saturated heterocycles. The van der Waals surface area contributed by atoms with E-state index in [-0.39, 0.29) is 34.7 Å². The summed E-state index contributed by atoms with van der Waals surface area (Å²) in [5, 5.41) is 83.5. The van der Waals surface area contributed by atoms with Crippen LogP contribution < -0.4 is 0 Å². The number of fused-ring (bicyclic) bond motifs is 7. The molecule has 8 aliphatic rings. The van der Waals surface area contributed by atoms with Crippen molar-refractivity contribution in [3.63, 3.8) is 0 Å². The van der Waals surface area contributed by atoms with Crippen molar-refractivity contribution >= 4 is 0 Å². The van der Waals surface area contributed by atoms with Crippen molar-refractivity contribution in [3.05, 3.63) is 0 Å². The highest BCUT2D eigenvalue weighted by atomic mass is 16.7. The van der Waals surface area contributed by atoms with Crippen LogP contribution in [0.5, 0.6) is 0 Å². The lowest BCUT2D eigenvalue weighted by molar-refractivity contribution is -0.335. The second kappa shape index (κ2) is 14.4. The molecule has 0 aromatic carbocycles. The molecule has 23 atom stereocenters. The maximum Gasteiger partial charge on any atom is 0.186 e. The van der Waals surface area contributed by atoms with Crippen LogP contribution in [0.25, 0.3) is 0 Å². The maximum absolute atomic E-state index is 11.1. The van der Waals surface area contributed by atoms with Crippen LogP contribution in [0.15, 0.2) is 0 Å². The van der Waals surface area contributed by atoms with E-state index in [9.17, 15) is 40.9 Å². The van der Waals surface area contributed by atoms with Crippen molar-refractivity contribution in [1.82, 2.24) is 0 Å². The Kier molecular flexibility index (Phi) is 10.6. The van der Waals surface area contributed by atoms with Crippen molar-refractivity contribution in [3.8, 4) is 0 Å². The predicted octanol–water partition coefficient (Wildman–Crippen LogP) is 0.413. The van der Waals surface area contributed by atoms with E-state index in [1.807, 2.05) is 0 Å². The molecular weight excluding hydrogens is 692 g/mol. The van der Waals surface area contributed by atoms with Gasteiger partial charge in [0.2, 0.25) is 0 Å². The summed E-state index contributed by atoms with van der Waals surface area (Å²) in [5.74, 6) is 1.62. The smallest absolute Gasteiger partial charge is 0.186 e. The Morgan fingerprint density at radius 3 is 1.87 bits per heavy atom. The van der Waals surface area contributed by atoms with Gasteiger partial charge in [0.25, 0.3) is 0 Å². The van der Waals surface area contributed by atoms with Gasteiger partial charge in [-0.3, -0.25) is 0 Å². The summed E-state index contributed by atoms with van der Waals surface area (Å²) in [6, 6.07) is 0. The Bertz CT molecular complexity index is 1290. The first-order valence-corrected chi connectivity index (χ1v) is 20.4. The highest BCUT2D eigenvalue weighted by Crippen LogP contribution is 2.71. The monoisotopic (exact) mass is 756 g/mol. The minimum atomic E-state index is -1.56. The van der Waals surface area contributed by atoms with Crippen LogP contribution in [0.4, 0.5) is 0 Å². The summed E-state index contributed by atoms with van der Waals surface area (Å²) < 4.78 is 38.3. The Morgan fingerprint density at radius 1 is 0.642 bits per heavy atom. The van der Waals surface area contributed by atoms with E-state index < -0.39 is 92.6 Å². The van der Waals surface area contributed by atoms with Gasteiger partial charge in [-0.05, 0) is 97.7 Å². The fourth-order valence-corrected chi connectivity index (χ4v) is 13.2. The van der Waals surface area contributed by atoms with Crippen LogP contribution in [0, 0.1) is 52.3 Å². The summed E-state index contributed by atoms with van der Waals surface area (Å²) in [4.78, 5) is 0. The van der Waals surface area contributed by atoms with Crippen molar-refractivity contribution < 1.29 is 69.3 Å². The molecule has 0 aromatic heterocycles. The largest absolute Gasteiger partial charge is 0.394 e. The van der Waals surface area contributed by atoms with Crippen molar-refractivity contribution in [2.75, 3.05) is 19.8 Å². The second-order valence-electron chi connectivity index (χ2n) is 18.8. The van der Waals surface area contributed by atoms with Crippen LogP contribution >= 0.6 is 0 Å². The lowest BCUT2D eigenvalue weighted by atomic mass is 9.43. The first-order valence-electron chi connectivity index (χ1n) is 20.4. The van der Waals surface area contributed by atoms with Crippen LogP contribution in [-0.2, 0) is 28.4 Å². The van der Waals surface area contributed by atoms with Crippen LogP contribution in [0.1, 0.15) is 85.5 Å². The van der Waals surface area contributed by atoms with Gasteiger partial charge >= 0.3 is 0 Å². The fourth-order valence-electron chi connectivity index (χ4n) is 13.2. The van der Waals surface area contributed by atoms with Crippen molar-refractivity contribution in [1.29, 1.82) is 0 Å². The van der Waals surface area contributed by atoms with E-state index in [0.29, 0.717) is 42.9 Å². The molecule has 14 heteroatoms. The number of aliphatic hydroxyl groups excluding tert-OH is 8. The van der Waals surface area contributed by atoms with Crippen LogP contribution in [-0.4, -0.2) is 146 Å². The van der Waals surface area contributed by atoms with Crippen LogP contribution in [0.3, 0.4) is 0 Å². The van der Waals surface area contributed by atoms with E-state index in [2.05, 4.69) is 27.7 Å². The van der Waals surface area contributed by atoms with Gasteiger partial charge in [-0.2, -0.15) is 0 Å². The van der Waals surface area contributed by atoms with E-state index in [4.69, 9.17) is 28.4 Å². The zero-order valence-corrected chi connectivity index (χ0v) is 31.6. The summed E-state index contributed by atoms with van der Waals surface area (Å²) >= 11 is 0. The number of aliphatic hydroxyl groups is 8. The Labute approximate surface area is 312 Å². The van der Waals surface area contributed by atoms with Gasteiger partial charge in [-0.25, -0.2) is 0 Å². The maximum atomic E-state index is 11.1. The van der Waals surface area contributed by atoms with Gasteiger partial charge in [0.15, 0.2) is 18.4 Å². The van der Waals surface area contributed by atoms with E-state index >= 15 is 0 Å². The van der Waals surface area contributed by atoms with Gasteiger partial charge in [0.05, 0.1) is 38.1 Å². The predicted molar refractivity (Wildman–Crippen MR) is 184 cm³/mol. The third-order valence-corrected chi connectivity index (χ3v) is 16.2. The molecule has 4 aliphatic carbocycles. The minimum absolute atomic E-state index is 0.0431. The first-order chi connectivity index (χ1) is 25.2. The molecule has 4 saturated carbocycles. The average Bonchev–Trinajstić information content (AvgIpc) is 3.59. The minimum Gasteiger partial charge on any atom is -0.394 e. The molecule has 8 rings (SSSR count). The average molecular weight is 757 g/mol. The molecule has 14 nitrogen and oxygen atoms in total. The fraction of sp³-hybridized carbons (Fsp3) is 1.00. The molecule has 53 heavy (non-hydrogen) atoms. The number of hydrogen-bond acceptors (Lipinski definition) is 14. The topological polar surface area (TPSA) is 217 Å². The molecule has 8 N–H and O–H groups in total. The molecule has 0 radical (unpaired) electrons. The molecule has 0 aromatic rings. The Morgan fingerprint density at radius 2 is 1.26 bits per heavy atom. The van der Waals surface area contributed by atoms with Gasteiger partial charge in [0.1, 0.15) is 48.8 Å².